The number of carbonyl (C=O) groups is 1. The molecule has 22 heavy (non-hydrogen) atoms. The Hall–Kier alpha value is -2.54. The third-order valence-corrected chi connectivity index (χ3v) is 3.74. The summed E-state index contributed by atoms with van der Waals surface area (Å²) >= 11 is 1.54. The minimum atomic E-state index is -0.0311. The number of thiazole rings is 1. The minimum absolute atomic E-state index is 0.0311. The summed E-state index contributed by atoms with van der Waals surface area (Å²) in [7, 11) is 0. The first-order valence-corrected chi connectivity index (χ1v) is 7.82. The van der Waals surface area contributed by atoms with Gasteiger partial charge in [0.25, 0.3) is 0 Å². The number of aromatic nitrogens is 4. The maximum atomic E-state index is 11.9. The number of pyridine rings is 1. The molecule has 3 aromatic heterocycles. The Morgan fingerprint density at radius 2 is 2.18 bits per heavy atom. The molecule has 0 saturated heterocycles. The molecule has 0 spiro atoms. The number of carbonyl (C=O) groups excluding carboxylic acids is 1. The van der Waals surface area contributed by atoms with Crippen LogP contribution < -0.4 is 5.32 Å². The Labute approximate surface area is 131 Å². The maximum Gasteiger partial charge on any atom is 0.224 e. The number of nitrogens with zero attached hydrogens (tertiary/aromatic N) is 4. The predicted molar refractivity (Wildman–Crippen MR) is 84.6 cm³/mol. The molecule has 0 atom stereocenters. The van der Waals surface area contributed by atoms with Gasteiger partial charge < -0.3 is 5.32 Å². The molecule has 0 aliphatic heterocycles. The fraction of sp³-hybridized carbons (Fsp3) is 0.200. The fourth-order valence-corrected chi connectivity index (χ4v) is 2.61. The molecule has 0 aliphatic carbocycles. The topological polar surface area (TPSA) is 72.7 Å². The second-order valence-electron chi connectivity index (χ2n) is 4.81. The normalized spacial score (nSPS) is 10.5. The van der Waals surface area contributed by atoms with Crippen molar-refractivity contribution in [2.45, 2.75) is 19.4 Å². The standard InChI is InChI=1S/C15H15N5OS/c21-15(2-1-13-10-22-11-17-13)19-14-7-18-20(9-14)8-12-3-5-16-6-4-12/h3-7,9-11H,1-2,8H2,(H,19,21). The summed E-state index contributed by atoms with van der Waals surface area (Å²) in [5, 5.41) is 9.06. The Bertz CT molecular complexity index is 723. The van der Waals surface area contributed by atoms with Crippen molar-refractivity contribution in [1.29, 1.82) is 0 Å². The van der Waals surface area contributed by atoms with Gasteiger partial charge in [0.2, 0.25) is 5.91 Å². The predicted octanol–water partition coefficient (Wildman–Crippen LogP) is 2.35. The van der Waals surface area contributed by atoms with Crippen LogP contribution in [-0.2, 0) is 17.8 Å². The van der Waals surface area contributed by atoms with Crippen LogP contribution in [0.4, 0.5) is 5.69 Å². The first-order valence-electron chi connectivity index (χ1n) is 6.88. The second-order valence-corrected chi connectivity index (χ2v) is 5.53. The Morgan fingerprint density at radius 1 is 1.32 bits per heavy atom. The molecule has 6 nitrogen and oxygen atoms in total. The van der Waals surface area contributed by atoms with Crippen LogP contribution >= 0.6 is 11.3 Å². The number of aryl methyl sites for hydroxylation is 1. The lowest BCUT2D eigenvalue weighted by Crippen LogP contribution is -2.12. The van der Waals surface area contributed by atoms with Crippen molar-refractivity contribution in [2.75, 3.05) is 5.32 Å². The highest BCUT2D eigenvalue weighted by atomic mass is 32.1. The van der Waals surface area contributed by atoms with Crippen molar-refractivity contribution in [2.24, 2.45) is 0 Å². The lowest BCUT2D eigenvalue weighted by atomic mass is 10.2. The average Bonchev–Trinajstić information content (AvgIpc) is 3.18. The Kier molecular flexibility index (Phi) is 4.55. The van der Waals surface area contributed by atoms with Gasteiger partial charge in [-0.3, -0.25) is 14.5 Å². The molecule has 0 unspecified atom stereocenters. The lowest BCUT2D eigenvalue weighted by molar-refractivity contribution is -0.116. The van der Waals surface area contributed by atoms with Crippen LogP contribution in [0, 0.1) is 0 Å². The number of rotatable bonds is 6. The Morgan fingerprint density at radius 3 is 2.95 bits per heavy atom. The highest BCUT2D eigenvalue weighted by Crippen LogP contribution is 2.09. The number of hydrogen-bond acceptors (Lipinski definition) is 5. The molecule has 0 saturated carbocycles. The Balaban J connectivity index is 1.51. The quantitative estimate of drug-likeness (QED) is 0.758. The van der Waals surface area contributed by atoms with Crippen molar-refractivity contribution in [1.82, 2.24) is 19.7 Å². The highest BCUT2D eigenvalue weighted by molar-refractivity contribution is 7.07. The second kappa shape index (κ2) is 6.95. The highest BCUT2D eigenvalue weighted by Gasteiger charge is 2.06. The molecule has 7 heteroatoms. The van der Waals surface area contributed by atoms with Gasteiger partial charge in [0.1, 0.15) is 0 Å². The molecule has 1 amide bonds. The van der Waals surface area contributed by atoms with Crippen LogP contribution in [0.25, 0.3) is 0 Å². The number of nitrogens with one attached hydrogen (secondary N) is 1. The van der Waals surface area contributed by atoms with Crippen LogP contribution in [0.15, 0.2) is 47.8 Å². The molecule has 0 aromatic carbocycles. The molecule has 0 aliphatic rings. The molecular weight excluding hydrogens is 298 g/mol. The van der Waals surface area contributed by atoms with Crippen LogP contribution in [0.1, 0.15) is 17.7 Å². The number of hydrogen-bond donors (Lipinski definition) is 1. The van der Waals surface area contributed by atoms with E-state index in [1.165, 1.54) is 11.3 Å². The summed E-state index contributed by atoms with van der Waals surface area (Å²) in [6.07, 6.45) is 8.04. The van der Waals surface area contributed by atoms with Crippen LogP contribution in [0.2, 0.25) is 0 Å². The lowest BCUT2D eigenvalue weighted by Gasteiger charge is -2.02. The van der Waals surface area contributed by atoms with Crippen LogP contribution in [0.5, 0.6) is 0 Å². The first-order chi connectivity index (χ1) is 10.8. The van der Waals surface area contributed by atoms with E-state index in [1.807, 2.05) is 23.7 Å². The van der Waals surface area contributed by atoms with E-state index < -0.39 is 0 Å². The van der Waals surface area contributed by atoms with Gasteiger partial charge in [0.05, 0.1) is 29.6 Å². The first kappa shape index (κ1) is 14.4. The van der Waals surface area contributed by atoms with Gasteiger partial charge in [-0.25, -0.2) is 4.98 Å². The van der Waals surface area contributed by atoms with E-state index in [2.05, 4.69) is 20.4 Å². The molecule has 3 heterocycles. The maximum absolute atomic E-state index is 11.9. The van der Waals surface area contributed by atoms with E-state index in [1.54, 1.807) is 28.8 Å². The SMILES string of the molecule is O=C(CCc1cscn1)Nc1cnn(Cc2ccncc2)c1. The summed E-state index contributed by atoms with van der Waals surface area (Å²) in [5.41, 5.74) is 4.54. The third-order valence-electron chi connectivity index (χ3n) is 3.10. The van der Waals surface area contributed by atoms with Gasteiger partial charge >= 0.3 is 0 Å². The zero-order valence-electron chi connectivity index (χ0n) is 11.8. The molecule has 112 valence electrons. The fourth-order valence-electron chi connectivity index (χ4n) is 2.02. The van der Waals surface area contributed by atoms with E-state index in [4.69, 9.17) is 0 Å². The summed E-state index contributed by atoms with van der Waals surface area (Å²) in [4.78, 5) is 20.0. The average molecular weight is 313 g/mol. The zero-order chi connectivity index (χ0) is 15.2. The monoisotopic (exact) mass is 313 g/mol. The van der Waals surface area contributed by atoms with Crippen molar-refractivity contribution < 1.29 is 4.79 Å². The van der Waals surface area contributed by atoms with E-state index >= 15 is 0 Å². The summed E-state index contributed by atoms with van der Waals surface area (Å²) < 4.78 is 1.78. The van der Waals surface area contributed by atoms with Crippen LogP contribution in [-0.4, -0.2) is 25.7 Å². The summed E-state index contributed by atoms with van der Waals surface area (Å²) in [6, 6.07) is 3.88. The summed E-state index contributed by atoms with van der Waals surface area (Å²) in [6.45, 7) is 0.650. The van der Waals surface area contributed by atoms with Crippen molar-refractivity contribution in [3.05, 3.63) is 59.1 Å². The molecule has 1 N–H and O–H groups in total. The minimum Gasteiger partial charge on any atom is -0.323 e. The molecule has 3 rings (SSSR count). The number of amides is 1. The van der Waals surface area contributed by atoms with Gasteiger partial charge in [0, 0.05) is 30.4 Å². The van der Waals surface area contributed by atoms with Gasteiger partial charge in [-0.15, -0.1) is 11.3 Å². The van der Waals surface area contributed by atoms with E-state index in [9.17, 15) is 4.79 Å². The van der Waals surface area contributed by atoms with Gasteiger partial charge in [0.15, 0.2) is 0 Å². The van der Waals surface area contributed by atoms with Gasteiger partial charge in [-0.05, 0) is 24.1 Å². The zero-order valence-corrected chi connectivity index (χ0v) is 12.7. The smallest absolute Gasteiger partial charge is 0.224 e. The van der Waals surface area contributed by atoms with Crippen molar-refractivity contribution >= 4 is 22.9 Å². The summed E-state index contributed by atoms with van der Waals surface area (Å²) in [5.74, 6) is -0.0311. The third kappa shape index (κ3) is 3.98. The molecule has 0 fully saturated rings. The molecular formula is C15H15N5OS. The molecule has 0 bridgehead atoms. The van der Waals surface area contributed by atoms with Crippen LogP contribution in [0.3, 0.4) is 0 Å². The molecule has 0 radical (unpaired) electrons. The van der Waals surface area contributed by atoms with Gasteiger partial charge in [-0.2, -0.15) is 5.10 Å². The van der Waals surface area contributed by atoms with E-state index in [0.717, 1.165) is 11.3 Å². The van der Waals surface area contributed by atoms with Crippen molar-refractivity contribution in [3.63, 3.8) is 0 Å². The van der Waals surface area contributed by atoms with Gasteiger partial charge in [-0.1, -0.05) is 0 Å². The van der Waals surface area contributed by atoms with E-state index in [0.29, 0.717) is 25.1 Å². The van der Waals surface area contributed by atoms with Crippen molar-refractivity contribution in [3.8, 4) is 0 Å². The van der Waals surface area contributed by atoms with E-state index in [-0.39, 0.29) is 5.91 Å². The number of anilines is 1. The molecule has 3 aromatic rings. The largest absolute Gasteiger partial charge is 0.323 e.